The third-order valence-electron chi connectivity index (χ3n) is 4.78. The van der Waals surface area contributed by atoms with E-state index in [2.05, 4.69) is 25.6 Å². The van der Waals surface area contributed by atoms with Crippen LogP contribution in [0.5, 0.6) is 0 Å². The number of sulfonamides is 1. The lowest BCUT2D eigenvalue weighted by Gasteiger charge is -2.18. The van der Waals surface area contributed by atoms with E-state index < -0.39 is 10.0 Å². The lowest BCUT2D eigenvalue weighted by molar-refractivity contribution is -0.116. The first-order chi connectivity index (χ1) is 13.3. The molecule has 0 spiro atoms. The van der Waals surface area contributed by atoms with Gasteiger partial charge in [0, 0.05) is 43.3 Å². The van der Waals surface area contributed by atoms with Crippen LogP contribution in [-0.4, -0.2) is 45.9 Å². The summed E-state index contributed by atoms with van der Waals surface area (Å²) in [6.07, 6.45) is 0.728. The van der Waals surface area contributed by atoms with Gasteiger partial charge < -0.3 is 9.80 Å². The molecule has 1 N–H and O–H groups in total. The number of benzene rings is 2. The number of nitrogens with one attached hydrogen (secondary N) is 1. The van der Waals surface area contributed by atoms with Crippen LogP contribution < -0.4 is 9.62 Å². The maximum Gasteiger partial charge on any atom is 0.241 e. The molecular weight excluding hydrogens is 442 g/mol. The van der Waals surface area contributed by atoms with Gasteiger partial charge in [-0.15, -0.1) is 0 Å². The van der Waals surface area contributed by atoms with Crippen molar-refractivity contribution in [2.75, 3.05) is 31.6 Å². The molecule has 0 bridgehead atoms. The summed E-state index contributed by atoms with van der Waals surface area (Å²) in [6, 6.07) is 13.4. The number of carbonyl (C=O) groups is 1. The van der Waals surface area contributed by atoms with Crippen molar-refractivity contribution < 1.29 is 13.2 Å². The van der Waals surface area contributed by atoms with Gasteiger partial charge in [-0.05, 0) is 52.7 Å². The Labute approximate surface area is 174 Å². The molecule has 150 valence electrons. The van der Waals surface area contributed by atoms with Crippen LogP contribution >= 0.6 is 15.9 Å². The minimum absolute atomic E-state index is 0.0834. The zero-order valence-electron chi connectivity index (χ0n) is 16.0. The van der Waals surface area contributed by atoms with E-state index in [4.69, 9.17) is 0 Å². The van der Waals surface area contributed by atoms with Gasteiger partial charge in [0.1, 0.15) is 0 Å². The van der Waals surface area contributed by atoms with Crippen molar-refractivity contribution in [3.05, 3.63) is 58.1 Å². The fourth-order valence-corrected chi connectivity index (χ4v) is 5.47. The van der Waals surface area contributed by atoms with E-state index in [0.29, 0.717) is 29.8 Å². The summed E-state index contributed by atoms with van der Waals surface area (Å²) < 4.78 is 28.8. The molecule has 1 aliphatic rings. The first-order valence-corrected chi connectivity index (χ1v) is 11.4. The number of anilines is 1. The van der Waals surface area contributed by atoms with Gasteiger partial charge >= 0.3 is 0 Å². The van der Waals surface area contributed by atoms with Crippen molar-refractivity contribution >= 4 is 37.5 Å². The molecule has 2 aromatic carbocycles. The van der Waals surface area contributed by atoms with E-state index in [1.807, 2.05) is 37.4 Å². The van der Waals surface area contributed by atoms with E-state index >= 15 is 0 Å². The first-order valence-electron chi connectivity index (χ1n) is 9.10. The van der Waals surface area contributed by atoms with Gasteiger partial charge in [0.2, 0.25) is 15.9 Å². The standard InChI is InChI=1S/C20H24BrN3O3S/c1-15(25)24-10-8-17-12-18(21)20(13-19(17)24)28(26,27)22-9-11-23(2)14-16-6-4-3-5-7-16/h3-7,12-13,22H,8-11,14H2,1-2H3. The van der Waals surface area contributed by atoms with Crippen LogP contribution in [0.2, 0.25) is 0 Å². The molecule has 1 aliphatic heterocycles. The fraction of sp³-hybridized carbons (Fsp3) is 0.350. The molecule has 0 atom stereocenters. The smallest absolute Gasteiger partial charge is 0.241 e. The van der Waals surface area contributed by atoms with Gasteiger partial charge in [0.05, 0.1) is 4.90 Å². The summed E-state index contributed by atoms with van der Waals surface area (Å²) >= 11 is 3.37. The number of hydrogen-bond acceptors (Lipinski definition) is 4. The molecule has 0 radical (unpaired) electrons. The summed E-state index contributed by atoms with van der Waals surface area (Å²) in [7, 11) is -1.74. The number of likely N-dealkylation sites (N-methyl/N-ethyl adjacent to an activating group) is 1. The van der Waals surface area contributed by atoms with Gasteiger partial charge in [-0.25, -0.2) is 13.1 Å². The maximum atomic E-state index is 12.8. The van der Waals surface area contributed by atoms with Crippen LogP contribution in [0.15, 0.2) is 51.8 Å². The SMILES string of the molecule is CC(=O)N1CCc2cc(Br)c(S(=O)(=O)NCCN(C)Cc3ccccc3)cc21. The highest BCUT2D eigenvalue weighted by molar-refractivity contribution is 9.10. The summed E-state index contributed by atoms with van der Waals surface area (Å²) in [4.78, 5) is 15.6. The average molecular weight is 466 g/mol. The Bertz CT molecular complexity index is 964. The van der Waals surface area contributed by atoms with Gasteiger partial charge in [-0.1, -0.05) is 30.3 Å². The number of rotatable bonds is 7. The zero-order valence-corrected chi connectivity index (χ0v) is 18.4. The summed E-state index contributed by atoms with van der Waals surface area (Å²) in [6.45, 7) is 3.70. The molecule has 0 aliphatic carbocycles. The highest BCUT2D eigenvalue weighted by Crippen LogP contribution is 2.35. The Kier molecular flexibility index (Phi) is 6.54. The van der Waals surface area contributed by atoms with Crippen LogP contribution in [0.25, 0.3) is 0 Å². The molecule has 28 heavy (non-hydrogen) atoms. The normalized spacial score (nSPS) is 13.8. The molecule has 0 unspecified atom stereocenters. The van der Waals surface area contributed by atoms with Crippen LogP contribution in [0, 0.1) is 0 Å². The quantitative estimate of drug-likeness (QED) is 0.682. The second-order valence-electron chi connectivity index (χ2n) is 6.95. The molecule has 6 nitrogen and oxygen atoms in total. The highest BCUT2D eigenvalue weighted by atomic mass is 79.9. The van der Waals surface area contributed by atoms with Gasteiger partial charge in [-0.3, -0.25) is 4.79 Å². The third-order valence-corrected chi connectivity index (χ3v) is 7.20. The van der Waals surface area contributed by atoms with Gasteiger partial charge in [0.25, 0.3) is 0 Å². The van der Waals surface area contributed by atoms with Crippen molar-refractivity contribution in [2.45, 2.75) is 24.8 Å². The number of amides is 1. The molecule has 8 heteroatoms. The molecule has 0 fully saturated rings. The zero-order chi connectivity index (χ0) is 20.3. The molecule has 2 aromatic rings. The van der Waals surface area contributed by atoms with Crippen molar-refractivity contribution in [3.63, 3.8) is 0 Å². The van der Waals surface area contributed by atoms with E-state index in [9.17, 15) is 13.2 Å². The average Bonchev–Trinajstić information content (AvgIpc) is 3.04. The van der Waals surface area contributed by atoms with Crippen LogP contribution in [0.1, 0.15) is 18.1 Å². The predicted molar refractivity (Wildman–Crippen MR) is 114 cm³/mol. The first kappa shape index (κ1) is 21.0. The van der Waals surface area contributed by atoms with E-state index in [1.54, 1.807) is 17.0 Å². The Morgan fingerprint density at radius 3 is 2.64 bits per heavy atom. The van der Waals surface area contributed by atoms with Crippen molar-refractivity contribution in [2.24, 2.45) is 0 Å². The van der Waals surface area contributed by atoms with E-state index in [1.165, 1.54) is 12.5 Å². The summed E-state index contributed by atoms with van der Waals surface area (Å²) in [5, 5.41) is 0. The van der Waals surface area contributed by atoms with Crippen LogP contribution in [0.4, 0.5) is 5.69 Å². The fourth-order valence-electron chi connectivity index (χ4n) is 3.34. The second-order valence-corrected chi connectivity index (χ2v) is 9.54. The van der Waals surface area contributed by atoms with Crippen molar-refractivity contribution in [1.29, 1.82) is 0 Å². The minimum Gasteiger partial charge on any atom is -0.312 e. The highest BCUT2D eigenvalue weighted by Gasteiger charge is 2.27. The summed E-state index contributed by atoms with van der Waals surface area (Å²) in [5.74, 6) is -0.0834. The Hall–Kier alpha value is -1.74. The Morgan fingerprint density at radius 2 is 1.96 bits per heavy atom. The maximum absolute atomic E-state index is 12.8. The minimum atomic E-state index is -3.69. The van der Waals surface area contributed by atoms with Gasteiger partial charge in [0.15, 0.2) is 0 Å². The van der Waals surface area contributed by atoms with E-state index in [-0.39, 0.29) is 10.8 Å². The molecule has 3 rings (SSSR count). The van der Waals surface area contributed by atoms with Crippen LogP contribution in [0.3, 0.4) is 0 Å². The number of nitrogens with zero attached hydrogens (tertiary/aromatic N) is 2. The summed E-state index contributed by atoms with van der Waals surface area (Å²) in [5.41, 5.74) is 2.83. The lowest BCUT2D eigenvalue weighted by Crippen LogP contribution is -2.33. The Balaban J connectivity index is 1.66. The predicted octanol–water partition coefficient (Wildman–Crippen LogP) is 2.77. The molecule has 0 saturated heterocycles. The number of carbonyl (C=O) groups excluding carboxylic acids is 1. The molecule has 1 heterocycles. The molecule has 1 amide bonds. The molecular formula is C20H24BrN3O3S. The number of fused-ring (bicyclic) bond motifs is 1. The van der Waals surface area contributed by atoms with Crippen molar-refractivity contribution in [3.8, 4) is 0 Å². The van der Waals surface area contributed by atoms with Crippen LogP contribution in [-0.2, 0) is 27.8 Å². The van der Waals surface area contributed by atoms with Crippen molar-refractivity contribution in [1.82, 2.24) is 9.62 Å². The largest absolute Gasteiger partial charge is 0.312 e. The number of hydrogen-bond donors (Lipinski definition) is 1. The lowest BCUT2D eigenvalue weighted by atomic mass is 10.2. The molecule has 0 saturated carbocycles. The second kappa shape index (κ2) is 8.73. The third kappa shape index (κ3) is 4.81. The van der Waals surface area contributed by atoms with E-state index in [0.717, 1.165) is 18.5 Å². The van der Waals surface area contributed by atoms with Gasteiger partial charge in [-0.2, -0.15) is 0 Å². The monoisotopic (exact) mass is 465 g/mol. The Morgan fingerprint density at radius 1 is 1.25 bits per heavy atom. The number of halogens is 1. The topological polar surface area (TPSA) is 69.7 Å². The molecule has 0 aromatic heterocycles.